The van der Waals surface area contributed by atoms with Crippen molar-refractivity contribution in [1.82, 2.24) is 4.90 Å². The molecule has 0 unspecified atom stereocenters. The van der Waals surface area contributed by atoms with Crippen LogP contribution in [-0.2, 0) is 4.79 Å². The van der Waals surface area contributed by atoms with Crippen LogP contribution in [0.25, 0.3) is 0 Å². The number of fused-ring (bicyclic) bond motifs is 1. The molecule has 4 rings (SSSR count). The molecule has 0 radical (unpaired) electrons. The highest BCUT2D eigenvalue weighted by Gasteiger charge is 2.44. The monoisotopic (exact) mass is 348 g/mol. The summed E-state index contributed by atoms with van der Waals surface area (Å²) < 4.78 is 0. The number of carbonyl (C=O) groups is 2. The minimum Gasteiger partial charge on any atom is -0.549 e. The van der Waals surface area contributed by atoms with E-state index < -0.39 is 17.9 Å². The molecule has 1 aliphatic heterocycles. The van der Waals surface area contributed by atoms with Crippen molar-refractivity contribution >= 4 is 11.9 Å². The molecule has 0 N–H and O–H groups in total. The Balaban J connectivity index is 1.89. The Morgan fingerprint density at radius 2 is 1.58 bits per heavy atom. The average molecular weight is 348 g/mol. The van der Waals surface area contributed by atoms with Gasteiger partial charge in [0, 0.05) is 17.5 Å². The van der Waals surface area contributed by atoms with Crippen LogP contribution in [0.15, 0.2) is 54.6 Å². The van der Waals surface area contributed by atoms with E-state index in [4.69, 9.17) is 0 Å². The molecule has 2 aromatic carbocycles. The van der Waals surface area contributed by atoms with E-state index in [0.717, 1.165) is 31.2 Å². The van der Waals surface area contributed by atoms with Crippen molar-refractivity contribution in [1.29, 1.82) is 0 Å². The molecule has 0 spiro atoms. The highest BCUT2D eigenvalue weighted by molar-refractivity contribution is 6.00. The standard InChI is InChI=1S/C22H23NO3/c24-21-18-14-8-7-13-17(18)19(22(25)26)20(15-9-3-1-4-10-15)23(21)16-11-5-2-6-12-16/h1,3-4,7-10,13-14,16,19-20H,2,5-6,11-12H2,(H,25,26)/p-1/t19-,20-/m0/s1. The summed E-state index contributed by atoms with van der Waals surface area (Å²) in [7, 11) is 0. The molecular formula is C22H22NO3-. The van der Waals surface area contributed by atoms with Gasteiger partial charge in [0.15, 0.2) is 0 Å². The number of rotatable bonds is 3. The molecule has 4 heteroatoms. The van der Waals surface area contributed by atoms with Gasteiger partial charge in [-0.15, -0.1) is 0 Å². The van der Waals surface area contributed by atoms with E-state index in [1.807, 2.05) is 35.2 Å². The summed E-state index contributed by atoms with van der Waals surface area (Å²) in [5.74, 6) is -2.04. The molecule has 2 atom stereocenters. The highest BCUT2D eigenvalue weighted by atomic mass is 16.4. The lowest BCUT2D eigenvalue weighted by atomic mass is 9.77. The maximum Gasteiger partial charge on any atom is 0.254 e. The van der Waals surface area contributed by atoms with Crippen molar-refractivity contribution in [3.63, 3.8) is 0 Å². The number of carboxylic acid groups (broad SMARTS) is 1. The van der Waals surface area contributed by atoms with E-state index in [2.05, 4.69) is 0 Å². The van der Waals surface area contributed by atoms with Gasteiger partial charge < -0.3 is 14.8 Å². The predicted octanol–water partition coefficient (Wildman–Crippen LogP) is 3.05. The van der Waals surface area contributed by atoms with E-state index in [0.29, 0.717) is 11.1 Å². The fraction of sp³-hybridized carbons (Fsp3) is 0.364. The molecule has 1 saturated carbocycles. The number of hydrogen-bond donors (Lipinski definition) is 0. The Hall–Kier alpha value is -2.62. The lowest BCUT2D eigenvalue weighted by molar-refractivity contribution is -0.309. The zero-order valence-corrected chi connectivity index (χ0v) is 14.6. The molecule has 1 heterocycles. The zero-order chi connectivity index (χ0) is 18.1. The Bertz CT molecular complexity index is 811. The molecule has 1 aliphatic carbocycles. The summed E-state index contributed by atoms with van der Waals surface area (Å²) >= 11 is 0. The van der Waals surface area contributed by atoms with Crippen LogP contribution in [-0.4, -0.2) is 22.8 Å². The molecule has 134 valence electrons. The second kappa shape index (κ2) is 6.94. The van der Waals surface area contributed by atoms with Crippen LogP contribution in [0.4, 0.5) is 0 Å². The van der Waals surface area contributed by atoms with Gasteiger partial charge in [-0.1, -0.05) is 67.8 Å². The minimum atomic E-state index is -1.13. The maximum atomic E-state index is 13.4. The van der Waals surface area contributed by atoms with Gasteiger partial charge in [0.05, 0.1) is 12.0 Å². The number of carboxylic acids is 1. The third-order valence-corrected chi connectivity index (χ3v) is 5.74. The molecule has 1 amide bonds. The summed E-state index contributed by atoms with van der Waals surface area (Å²) in [6.45, 7) is 0. The van der Waals surface area contributed by atoms with Crippen LogP contribution in [0.1, 0.15) is 65.5 Å². The SMILES string of the molecule is O=C([O-])[C@H]1c2ccccc2C(=O)N(C2CCCCC2)[C@H]1c1ccccc1. The highest BCUT2D eigenvalue weighted by Crippen LogP contribution is 2.45. The first kappa shape index (κ1) is 16.8. The third-order valence-electron chi connectivity index (χ3n) is 5.74. The van der Waals surface area contributed by atoms with Gasteiger partial charge in [-0.05, 0) is 30.0 Å². The number of hydrogen-bond acceptors (Lipinski definition) is 3. The van der Waals surface area contributed by atoms with E-state index in [-0.39, 0.29) is 11.9 Å². The number of aliphatic carboxylic acids is 1. The smallest absolute Gasteiger partial charge is 0.254 e. The molecule has 0 bridgehead atoms. The first-order valence-corrected chi connectivity index (χ1v) is 9.36. The molecule has 0 saturated heterocycles. The third kappa shape index (κ3) is 2.79. The van der Waals surface area contributed by atoms with Crippen molar-refractivity contribution in [3.8, 4) is 0 Å². The zero-order valence-electron chi connectivity index (χ0n) is 14.6. The Morgan fingerprint density at radius 1 is 0.923 bits per heavy atom. The topological polar surface area (TPSA) is 60.4 Å². The lowest BCUT2D eigenvalue weighted by Gasteiger charge is -2.47. The fourth-order valence-corrected chi connectivity index (χ4v) is 4.57. The molecule has 26 heavy (non-hydrogen) atoms. The largest absolute Gasteiger partial charge is 0.549 e. The lowest BCUT2D eigenvalue weighted by Crippen LogP contribution is -2.52. The number of nitrogens with zero attached hydrogens (tertiary/aromatic N) is 1. The summed E-state index contributed by atoms with van der Waals surface area (Å²) in [4.78, 5) is 27.4. The Kier molecular flexibility index (Phi) is 4.49. The van der Waals surface area contributed by atoms with Gasteiger partial charge in [0.2, 0.25) is 0 Å². The van der Waals surface area contributed by atoms with Crippen molar-refractivity contribution in [2.45, 2.75) is 50.1 Å². The van der Waals surface area contributed by atoms with Gasteiger partial charge in [-0.3, -0.25) is 4.79 Å². The number of amides is 1. The Morgan fingerprint density at radius 3 is 2.27 bits per heavy atom. The van der Waals surface area contributed by atoms with Gasteiger partial charge in [0.25, 0.3) is 5.91 Å². The normalized spacial score (nSPS) is 23.5. The van der Waals surface area contributed by atoms with Gasteiger partial charge >= 0.3 is 0 Å². The summed E-state index contributed by atoms with van der Waals surface area (Å²) in [6.07, 6.45) is 5.18. The quantitative estimate of drug-likeness (QED) is 0.856. The predicted molar refractivity (Wildman–Crippen MR) is 96.4 cm³/mol. The van der Waals surface area contributed by atoms with Crippen LogP contribution in [0, 0.1) is 0 Å². The van der Waals surface area contributed by atoms with Crippen LogP contribution in [0.3, 0.4) is 0 Å². The van der Waals surface area contributed by atoms with Crippen LogP contribution >= 0.6 is 0 Å². The number of carbonyl (C=O) groups excluding carboxylic acids is 2. The number of benzene rings is 2. The molecule has 0 aromatic heterocycles. The average Bonchev–Trinajstić information content (AvgIpc) is 2.69. The van der Waals surface area contributed by atoms with E-state index in [1.54, 1.807) is 24.3 Å². The maximum absolute atomic E-state index is 13.4. The van der Waals surface area contributed by atoms with E-state index >= 15 is 0 Å². The van der Waals surface area contributed by atoms with Crippen molar-refractivity contribution in [2.24, 2.45) is 0 Å². The van der Waals surface area contributed by atoms with Crippen LogP contribution < -0.4 is 5.11 Å². The Labute approximate surface area is 153 Å². The molecular weight excluding hydrogens is 326 g/mol. The summed E-state index contributed by atoms with van der Waals surface area (Å²) in [6, 6.07) is 16.2. The van der Waals surface area contributed by atoms with Gasteiger partial charge in [-0.25, -0.2) is 0 Å². The first-order chi connectivity index (χ1) is 12.7. The molecule has 2 aliphatic rings. The second-order valence-corrected chi connectivity index (χ2v) is 7.24. The fourth-order valence-electron chi connectivity index (χ4n) is 4.57. The minimum absolute atomic E-state index is 0.0566. The van der Waals surface area contributed by atoms with E-state index in [1.165, 1.54) is 6.42 Å². The van der Waals surface area contributed by atoms with Crippen molar-refractivity contribution < 1.29 is 14.7 Å². The molecule has 2 aromatic rings. The van der Waals surface area contributed by atoms with Crippen molar-refractivity contribution in [3.05, 3.63) is 71.3 Å². The van der Waals surface area contributed by atoms with Crippen LogP contribution in [0.5, 0.6) is 0 Å². The summed E-state index contributed by atoms with van der Waals surface area (Å²) in [5, 5.41) is 12.2. The molecule has 4 nitrogen and oxygen atoms in total. The van der Waals surface area contributed by atoms with Crippen molar-refractivity contribution in [2.75, 3.05) is 0 Å². The van der Waals surface area contributed by atoms with E-state index in [9.17, 15) is 14.7 Å². The summed E-state index contributed by atoms with van der Waals surface area (Å²) in [5.41, 5.74) is 1.92. The first-order valence-electron chi connectivity index (χ1n) is 9.36. The second-order valence-electron chi connectivity index (χ2n) is 7.24. The van der Waals surface area contributed by atoms with Gasteiger partial charge in [0.1, 0.15) is 0 Å². The van der Waals surface area contributed by atoms with Crippen LogP contribution in [0.2, 0.25) is 0 Å². The van der Waals surface area contributed by atoms with Gasteiger partial charge in [-0.2, -0.15) is 0 Å². The molecule has 1 fully saturated rings.